The number of unbranched alkanes of at least 4 members (excludes halogenated alkanes) is 2. The van der Waals surface area contributed by atoms with Crippen molar-refractivity contribution in [1.82, 2.24) is 4.83 Å². The Morgan fingerprint density at radius 2 is 1.94 bits per heavy atom. The van der Waals surface area contributed by atoms with E-state index in [0.717, 1.165) is 24.8 Å². The van der Waals surface area contributed by atoms with E-state index in [1.807, 2.05) is 6.92 Å². The molecule has 0 unspecified atom stereocenters. The van der Waals surface area contributed by atoms with E-state index >= 15 is 0 Å². The Labute approximate surface area is 103 Å². The zero-order valence-corrected chi connectivity index (χ0v) is 11.0. The van der Waals surface area contributed by atoms with E-state index in [1.165, 1.54) is 0 Å². The summed E-state index contributed by atoms with van der Waals surface area (Å²) < 4.78 is 23.5. The molecule has 0 saturated heterocycles. The summed E-state index contributed by atoms with van der Waals surface area (Å²) in [6.45, 7) is 3.98. The molecule has 0 saturated carbocycles. The molecule has 0 heterocycles. The first-order valence-electron chi connectivity index (χ1n) is 5.66. The second-order valence-corrected chi connectivity index (χ2v) is 5.52. The quantitative estimate of drug-likeness (QED) is 0.481. The lowest BCUT2D eigenvalue weighted by Gasteiger charge is -2.03. The Morgan fingerprint density at radius 3 is 2.53 bits per heavy atom. The predicted octanol–water partition coefficient (Wildman–Crippen LogP) is 2.45. The van der Waals surface area contributed by atoms with Gasteiger partial charge in [0.05, 0.1) is 4.90 Å². The second-order valence-electron chi connectivity index (χ2n) is 3.86. The zero-order chi connectivity index (χ0) is 12.7. The van der Waals surface area contributed by atoms with Crippen molar-refractivity contribution >= 4 is 16.2 Å². The number of sulfonamides is 1. The Kier molecular flexibility index (Phi) is 5.15. The molecule has 0 bridgehead atoms. The highest BCUT2D eigenvalue weighted by molar-refractivity contribution is 7.89. The van der Waals surface area contributed by atoms with Gasteiger partial charge < -0.3 is 0 Å². The molecule has 0 fully saturated rings. The van der Waals surface area contributed by atoms with Crippen molar-refractivity contribution in [2.24, 2.45) is 5.10 Å². The van der Waals surface area contributed by atoms with Crippen LogP contribution in [-0.2, 0) is 10.0 Å². The van der Waals surface area contributed by atoms with Crippen LogP contribution < -0.4 is 4.83 Å². The van der Waals surface area contributed by atoms with Crippen molar-refractivity contribution in [3.63, 3.8) is 0 Å². The maximum atomic E-state index is 11.8. The van der Waals surface area contributed by atoms with Gasteiger partial charge in [-0.2, -0.15) is 13.5 Å². The smallest absolute Gasteiger partial charge is 0.200 e. The van der Waals surface area contributed by atoms with Crippen LogP contribution in [0.25, 0.3) is 0 Å². The van der Waals surface area contributed by atoms with E-state index in [-0.39, 0.29) is 4.90 Å². The predicted molar refractivity (Wildman–Crippen MR) is 69.5 cm³/mol. The number of aryl methyl sites for hydroxylation is 1. The van der Waals surface area contributed by atoms with Gasteiger partial charge in [0.2, 0.25) is 0 Å². The average molecular weight is 254 g/mol. The van der Waals surface area contributed by atoms with Crippen molar-refractivity contribution < 1.29 is 8.42 Å². The number of hydrazone groups is 1. The first-order valence-corrected chi connectivity index (χ1v) is 7.14. The molecule has 1 N–H and O–H groups in total. The molecular formula is C12H18N2O2S. The van der Waals surface area contributed by atoms with Crippen LogP contribution in [0, 0.1) is 6.92 Å². The summed E-state index contributed by atoms with van der Waals surface area (Å²) in [4.78, 5) is 2.43. The highest BCUT2D eigenvalue weighted by Crippen LogP contribution is 2.09. The summed E-state index contributed by atoms with van der Waals surface area (Å²) in [6, 6.07) is 6.66. The molecule has 17 heavy (non-hydrogen) atoms. The van der Waals surface area contributed by atoms with Crippen LogP contribution in [0.4, 0.5) is 0 Å². The summed E-state index contributed by atoms with van der Waals surface area (Å²) in [6.07, 6.45) is 4.45. The van der Waals surface area contributed by atoms with Crippen molar-refractivity contribution in [1.29, 1.82) is 0 Å². The van der Waals surface area contributed by atoms with Gasteiger partial charge >= 0.3 is 0 Å². The molecule has 94 valence electrons. The Hall–Kier alpha value is -1.36. The largest absolute Gasteiger partial charge is 0.276 e. The van der Waals surface area contributed by atoms with Crippen LogP contribution in [0.5, 0.6) is 0 Å². The van der Waals surface area contributed by atoms with Gasteiger partial charge in [-0.3, -0.25) is 0 Å². The molecule has 0 radical (unpaired) electrons. The maximum absolute atomic E-state index is 11.8. The lowest BCUT2D eigenvalue weighted by molar-refractivity contribution is 0.584. The molecule has 1 aromatic carbocycles. The summed E-state index contributed by atoms with van der Waals surface area (Å²) in [5, 5.41) is 3.72. The number of rotatable bonds is 6. The van der Waals surface area contributed by atoms with Crippen molar-refractivity contribution in [3.05, 3.63) is 29.8 Å². The molecule has 1 aromatic rings. The zero-order valence-electron chi connectivity index (χ0n) is 10.2. The molecule has 4 nitrogen and oxygen atoms in total. The normalized spacial score (nSPS) is 11.9. The summed E-state index contributed by atoms with van der Waals surface area (Å²) in [7, 11) is -3.51. The lowest BCUT2D eigenvalue weighted by Crippen LogP contribution is -2.18. The van der Waals surface area contributed by atoms with Crippen molar-refractivity contribution in [2.75, 3.05) is 0 Å². The van der Waals surface area contributed by atoms with E-state index in [2.05, 4.69) is 16.9 Å². The molecule has 1 rings (SSSR count). The van der Waals surface area contributed by atoms with E-state index in [0.29, 0.717) is 0 Å². The molecule has 0 aliphatic rings. The van der Waals surface area contributed by atoms with Gasteiger partial charge in [-0.25, -0.2) is 4.83 Å². The Balaban J connectivity index is 2.63. The summed E-state index contributed by atoms with van der Waals surface area (Å²) >= 11 is 0. The van der Waals surface area contributed by atoms with Crippen LogP contribution >= 0.6 is 0 Å². The van der Waals surface area contributed by atoms with Gasteiger partial charge in [0, 0.05) is 6.21 Å². The SMILES string of the molecule is CCCC/C=N\NS(=O)(=O)c1ccc(C)cc1. The number of nitrogens with one attached hydrogen (secondary N) is 1. The average Bonchev–Trinajstić information content (AvgIpc) is 2.29. The minimum atomic E-state index is -3.51. The standard InChI is InChI=1S/C12H18N2O2S/c1-3-4-5-10-13-14-17(15,16)12-8-6-11(2)7-9-12/h6-10,14H,3-5H2,1-2H3/b13-10-. The van der Waals surface area contributed by atoms with E-state index in [4.69, 9.17) is 0 Å². The van der Waals surface area contributed by atoms with Crippen LogP contribution in [0.15, 0.2) is 34.3 Å². The topological polar surface area (TPSA) is 58.5 Å². The van der Waals surface area contributed by atoms with E-state index < -0.39 is 10.0 Å². The number of hydrogen-bond donors (Lipinski definition) is 1. The van der Waals surface area contributed by atoms with Gasteiger partial charge in [0.25, 0.3) is 10.0 Å². The number of benzene rings is 1. The Bertz CT molecular complexity index is 464. The van der Waals surface area contributed by atoms with Gasteiger partial charge in [0.15, 0.2) is 0 Å². The molecule has 0 spiro atoms. The molecule has 0 amide bonds. The van der Waals surface area contributed by atoms with Crippen LogP contribution in [0.1, 0.15) is 31.7 Å². The summed E-state index contributed by atoms with van der Waals surface area (Å²) in [5.41, 5.74) is 1.02. The van der Waals surface area contributed by atoms with E-state index in [9.17, 15) is 8.42 Å². The molecule has 5 heteroatoms. The van der Waals surface area contributed by atoms with Gasteiger partial charge in [-0.05, 0) is 31.9 Å². The van der Waals surface area contributed by atoms with Crippen LogP contribution in [0.3, 0.4) is 0 Å². The minimum absolute atomic E-state index is 0.232. The van der Waals surface area contributed by atoms with Crippen LogP contribution in [0.2, 0.25) is 0 Å². The second kappa shape index (κ2) is 6.39. The third-order valence-corrected chi connectivity index (χ3v) is 3.52. The lowest BCUT2D eigenvalue weighted by atomic mass is 10.2. The molecule has 0 aliphatic heterocycles. The highest BCUT2D eigenvalue weighted by Gasteiger charge is 2.11. The van der Waals surface area contributed by atoms with Gasteiger partial charge in [-0.15, -0.1) is 0 Å². The molecule has 0 atom stereocenters. The summed E-state index contributed by atoms with van der Waals surface area (Å²) in [5.74, 6) is 0. The van der Waals surface area contributed by atoms with Crippen LogP contribution in [-0.4, -0.2) is 14.6 Å². The van der Waals surface area contributed by atoms with E-state index in [1.54, 1.807) is 30.5 Å². The fraction of sp³-hybridized carbons (Fsp3) is 0.417. The highest BCUT2D eigenvalue weighted by atomic mass is 32.2. The van der Waals surface area contributed by atoms with Crippen molar-refractivity contribution in [3.8, 4) is 0 Å². The monoisotopic (exact) mass is 254 g/mol. The fourth-order valence-electron chi connectivity index (χ4n) is 1.24. The van der Waals surface area contributed by atoms with Gasteiger partial charge in [-0.1, -0.05) is 31.0 Å². The maximum Gasteiger partial charge on any atom is 0.276 e. The Morgan fingerprint density at radius 1 is 1.29 bits per heavy atom. The molecule has 0 aromatic heterocycles. The molecule has 0 aliphatic carbocycles. The molecular weight excluding hydrogens is 236 g/mol. The third-order valence-electron chi connectivity index (χ3n) is 2.28. The first kappa shape index (κ1) is 13.7. The van der Waals surface area contributed by atoms with Crippen molar-refractivity contribution in [2.45, 2.75) is 38.0 Å². The third kappa shape index (κ3) is 4.56. The number of nitrogens with zero attached hydrogens (tertiary/aromatic N) is 1. The number of hydrogen-bond acceptors (Lipinski definition) is 3. The van der Waals surface area contributed by atoms with Gasteiger partial charge in [0.1, 0.15) is 0 Å². The fourth-order valence-corrected chi connectivity index (χ4v) is 2.05. The first-order chi connectivity index (χ1) is 8.06. The minimum Gasteiger partial charge on any atom is -0.200 e.